The fourth-order valence-electron chi connectivity index (χ4n) is 3.32. The number of aryl methyl sites for hydroxylation is 1. The molecule has 1 aromatic carbocycles. The molecule has 2 N–H and O–H groups in total. The number of aliphatic imine (C=N–C) groups is 1. The number of para-hydroxylation sites is 1. The number of nitrogens with one attached hydrogen (secondary N) is 2. The Morgan fingerprint density at radius 2 is 2.04 bits per heavy atom. The molecule has 152 valence electrons. The highest BCUT2D eigenvalue weighted by molar-refractivity contribution is 7.11. The molecular formula is C21H30N4O2S. The zero-order valence-electron chi connectivity index (χ0n) is 17.0. The molecule has 1 heterocycles. The van der Waals surface area contributed by atoms with Gasteiger partial charge in [0.15, 0.2) is 17.5 Å². The lowest BCUT2D eigenvalue weighted by Gasteiger charge is -2.20. The van der Waals surface area contributed by atoms with Gasteiger partial charge in [-0.15, -0.1) is 11.3 Å². The van der Waals surface area contributed by atoms with Gasteiger partial charge in [-0.05, 0) is 38.2 Å². The molecule has 0 unspecified atom stereocenters. The molecule has 7 heteroatoms. The first-order valence-corrected chi connectivity index (χ1v) is 10.8. The molecule has 1 aliphatic rings. The third-order valence-corrected chi connectivity index (χ3v) is 6.04. The SMILES string of the molecule is CCc1cnc(CNC(=NC)NCc2cccc(OC)c2OC2CCCC2)s1. The Labute approximate surface area is 171 Å². The summed E-state index contributed by atoms with van der Waals surface area (Å²) in [5, 5.41) is 7.76. The van der Waals surface area contributed by atoms with Crippen molar-refractivity contribution in [3.8, 4) is 11.5 Å². The lowest BCUT2D eigenvalue weighted by atomic mass is 10.1. The summed E-state index contributed by atoms with van der Waals surface area (Å²) in [6.45, 7) is 3.41. The van der Waals surface area contributed by atoms with E-state index < -0.39 is 0 Å². The van der Waals surface area contributed by atoms with E-state index in [0.29, 0.717) is 13.1 Å². The highest BCUT2D eigenvalue weighted by atomic mass is 32.1. The summed E-state index contributed by atoms with van der Waals surface area (Å²) in [6.07, 6.45) is 7.94. The van der Waals surface area contributed by atoms with Crippen LogP contribution in [0.5, 0.6) is 11.5 Å². The minimum atomic E-state index is 0.283. The van der Waals surface area contributed by atoms with E-state index in [1.807, 2.05) is 18.3 Å². The number of nitrogens with zero attached hydrogens (tertiary/aromatic N) is 2. The van der Waals surface area contributed by atoms with Crippen LogP contribution in [0.2, 0.25) is 0 Å². The predicted octanol–water partition coefficient (Wildman–Crippen LogP) is 3.90. The maximum Gasteiger partial charge on any atom is 0.191 e. The molecule has 28 heavy (non-hydrogen) atoms. The number of aromatic nitrogens is 1. The molecule has 3 rings (SSSR count). The van der Waals surface area contributed by atoms with E-state index in [9.17, 15) is 0 Å². The molecule has 1 aromatic heterocycles. The third-order valence-electron chi connectivity index (χ3n) is 4.89. The van der Waals surface area contributed by atoms with E-state index in [1.165, 1.54) is 17.7 Å². The van der Waals surface area contributed by atoms with E-state index in [-0.39, 0.29) is 6.10 Å². The number of rotatable bonds is 8. The smallest absolute Gasteiger partial charge is 0.191 e. The Morgan fingerprint density at radius 1 is 1.25 bits per heavy atom. The number of methoxy groups -OCH3 is 1. The van der Waals surface area contributed by atoms with Crippen molar-refractivity contribution >= 4 is 17.3 Å². The Kier molecular flexibility index (Phi) is 7.54. The van der Waals surface area contributed by atoms with Gasteiger partial charge in [0.25, 0.3) is 0 Å². The summed E-state index contributed by atoms with van der Waals surface area (Å²) in [6, 6.07) is 6.02. The van der Waals surface area contributed by atoms with Crippen molar-refractivity contribution in [1.82, 2.24) is 15.6 Å². The first-order chi connectivity index (χ1) is 13.7. The van der Waals surface area contributed by atoms with Crippen molar-refractivity contribution < 1.29 is 9.47 Å². The van der Waals surface area contributed by atoms with Crippen molar-refractivity contribution in [3.63, 3.8) is 0 Å². The Hall–Kier alpha value is -2.28. The average Bonchev–Trinajstić information content (AvgIpc) is 3.40. The molecule has 6 nitrogen and oxygen atoms in total. The molecule has 1 fully saturated rings. The molecule has 1 aliphatic carbocycles. The summed E-state index contributed by atoms with van der Waals surface area (Å²) >= 11 is 1.73. The second-order valence-corrected chi connectivity index (χ2v) is 8.03. The number of thiazole rings is 1. The van der Waals surface area contributed by atoms with Crippen LogP contribution in [-0.4, -0.2) is 31.2 Å². The zero-order chi connectivity index (χ0) is 19.8. The number of hydrogen-bond acceptors (Lipinski definition) is 5. The van der Waals surface area contributed by atoms with Crippen LogP contribution in [-0.2, 0) is 19.5 Å². The van der Waals surface area contributed by atoms with Crippen molar-refractivity contribution in [3.05, 3.63) is 39.8 Å². The summed E-state index contributed by atoms with van der Waals surface area (Å²) in [7, 11) is 3.46. The molecule has 0 aliphatic heterocycles. The molecule has 1 saturated carbocycles. The first-order valence-electron chi connectivity index (χ1n) is 9.94. The Morgan fingerprint density at radius 3 is 2.71 bits per heavy atom. The largest absolute Gasteiger partial charge is 0.493 e. The molecule has 0 amide bonds. The predicted molar refractivity (Wildman–Crippen MR) is 114 cm³/mol. The second kappa shape index (κ2) is 10.3. The Bertz CT molecular complexity index is 784. The normalized spacial score (nSPS) is 14.9. The van der Waals surface area contributed by atoms with Gasteiger partial charge in [-0.3, -0.25) is 4.99 Å². The third kappa shape index (κ3) is 5.38. The fraction of sp³-hybridized carbons (Fsp3) is 0.524. The lowest BCUT2D eigenvalue weighted by molar-refractivity contribution is 0.198. The van der Waals surface area contributed by atoms with Crippen LogP contribution in [0, 0.1) is 0 Å². The van der Waals surface area contributed by atoms with Crippen LogP contribution in [0.25, 0.3) is 0 Å². The summed E-state index contributed by atoms with van der Waals surface area (Å²) in [4.78, 5) is 10.1. The van der Waals surface area contributed by atoms with E-state index in [2.05, 4.69) is 33.6 Å². The van der Waals surface area contributed by atoms with Crippen molar-refractivity contribution in [2.75, 3.05) is 14.2 Å². The number of hydrogen-bond donors (Lipinski definition) is 2. The maximum atomic E-state index is 6.31. The monoisotopic (exact) mass is 402 g/mol. The van der Waals surface area contributed by atoms with Gasteiger partial charge in [0.1, 0.15) is 5.01 Å². The number of ether oxygens (including phenoxy) is 2. The number of guanidine groups is 1. The first kappa shape index (κ1) is 20.5. The van der Waals surface area contributed by atoms with Gasteiger partial charge in [0.05, 0.1) is 19.8 Å². The van der Waals surface area contributed by atoms with E-state index in [1.54, 1.807) is 25.5 Å². The summed E-state index contributed by atoms with van der Waals surface area (Å²) in [5.41, 5.74) is 1.07. The topological polar surface area (TPSA) is 67.8 Å². The van der Waals surface area contributed by atoms with Gasteiger partial charge in [-0.2, -0.15) is 0 Å². The van der Waals surface area contributed by atoms with Gasteiger partial charge in [0, 0.05) is 30.2 Å². The van der Waals surface area contributed by atoms with Crippen LogP contribution in [0.15, 0.2) is 29.4 Å². The van der Waals surface area contributed by atoms with Gasteiger partial charge < -0.3 is 20.1 Å². The molecule has 0 atom stereocenters. The van der Waals surface area contributed by atoms with Gasteiger partial charge in [0.2, 0.25) is 0 Å². The van der Waals surface area contributed by atoms with E-state index >= 15 is 0 Å². The average molecular weight is 403 g/mol. The highest BCUT2D eigenvalue weighted by Crippen LogP contribution is 2.34. The Balaban J connectivity index is 1.61. The standard InChI is InChI=1S/C21H30N4O2S/c1-4-17-13-23-19(28-17)14-25-21(22-2)24-12-15-8-7-11-18(26-3)20(15)27-16-9-5-6-10-16/h7-8,11,13,16H,4-6,9-10,12,14H2,1-3H3,(H2,22,24,25). The molecule has 0 radical (unpaired) electrons. The van der Waals surface area contributed by atoms with Crippen molar-refractivity contribution in [2.45, 2.75) is 58.2 Å². The zero-order valence-corrected chi connectivity index (χ0v) is 17.8. The van der Waals surface area contributed by atoms with Crippen molar-refractivity contribution in [1.29, 1.82) is 0 Å². The minimum Gasteiger partial charge on any atom is -0.493 e. The molecule has 0 saturated heterocycles. The van der Waals surface area contributed by atoms with Crippen LogP contribution in [0.4, 0.5) is 0 Å². The summed E-state index contributed by atoms with van der Waals surface area (Å²) in [5.74, 6) is 2.36. The molecule has 0 bridgehead atoms. The van der Waals surface area contributed by atoms with Crippen LogP contribution < -0.4 is 20.1 Å². The van der Waals surface area contributed by atoms with E-state index in [4.69, 9.17) is 9.47 Å². The van der Waals surface area contributed by atoms with E-state index in [0.717, 1.165) is 47.3 Å². The van der Waals surface area contributed by atoms with Crippen LogP contribution in [0.1, 0.15) is 48.1 Å². The highest BCUT2D eigenvalue weighted by Gasteiger charge is 2.20. The molecule has 0 spiro atoms. The van der Waals surface area contributed by atoms with Gasteiger partial charge in [-0.25, -0.2) is 4.98 Å². The quantitative estimate of drug-likeness (QED) is 0.518. The maximum absolute atomic E-state index is 6.31. The van der Waals surface area contributed by atoms with Crippen molar-refractivity contribution in [2.24, 2.45) is 4.99 Å². The fourth-order valence-corrected chi connectivity index (χ4v) is 4.12. The van der Waals surface area contributed by atoms with Gasteiger partial charge >= 0.3 is 0 Å². The van der Waals surface area contributed by atoms with Crippen LogP contribution in [0.3, 0.4) is 0 Å². The molecular weight excluding hydrogens is 372 g/mol. The second-order valence-electron chi connectivity index (χ2n) is 6.83. The summed E-state index contributed by atoms with van der Waals surface area (Å²) < 4.78 is 11.8. The minimum absolute atomic E-state index is 0.283. The molecule has 2 aromatic rings. The van der Waals surface area contributed by atoms with Crippen LogP contribution >= 0.6 is 11.3 Å². The lowest BCUT2D eigenvalue weighted by Crippen LogP contribution is -2.36. The van der Waals surface area contributed by atoms with Gasteiger partial charge in [-0.1, -0.05) is 19.1 Å². The number of benzene rings is 1.